The van der Waals surface area contributed by atoms with Crippen molar-refractivity contribution in [1.29, 1.82) is 0 Å². The first-order valence-corrected chi connectivity index (χ1v) is 12.1. The lowest BCUT2D eigenvalue weighted by Crippen LogP contribution is -2.50. The molecule has 0 aliphatic carbocycles. The second kappa shape index (κ2) is 9.71. The maximum absolute atomic E-state index is 14.3. The van der Waals surface area contributed by atoms with E-state index in [2.05, 4.69) is 5.32 Å². The average Bonchev–Trinajstić information content (AvgIpc) is 2.70. The summed E-state index contributed by atoms with van der Waals surface area (Å²) in [7, 11) is -3.48. The fourth-order valence-electron chi connectivity index (χ4n) is 3.68. The molecule has 0 heterocycles. The van der Waals surface area contributed by atoms with Crippen LogP contribution in [0.1, 0.15) is 50.2 Å². The van der Waals surface area contributed by atoms with Gasteiger partial charge in [0.1, 0.15) is 9.84 Å². The number of halogens is 7. The molecule has 0 aliphatic heterocycles. The molecule has 0 aromatic heterocycles. The molecule has 0 radical (unpaired) electrons. The molecule has 0 aliphatic rings. The highest BCUT2D eigenvalue weighted by Crippen LogP contribution is 2.53. The third kappa shape index (κ3) is 5.79. The maximum Gasteiger partial charge on any atom is 0.435 e. The SMILES string of the molecule is Cc1cc(C(F)(C(F)(F)F)C(F)(F)F)ccc1NC(=O)c1cccc([C@H](C)CS(C)(=O)=O)c1C(N)=O. The van der Waals surface area contributed by atoms with Crippen LogP contribution in [0.3, 0.4) is 0 Å². The highest BCUT2D eigenvalue weighted by atomic mass is 32.2. The van der Waals surface area contributed by atoms with Crippen LogP contribution in [0.25, 0.3) is 0 Å². The van der Waals surface area contributed by atoms with Crippen LogP contribution in [0.5, 0.6) is 0 Å². The summed E-state index contributed by atoms with van der Waals surface area (Å²) in [6, 6.07) is 5.11. The van der Waals surface area contributed by atoms with Gasteiger partial charge >= 0.3 is 18.0 Å². The van der Waals surface area contributed by atoms with Gasteiger partial charge < -0.3 is 11.1 Å². The molecule has 0 saturated carbocycles. The molecule has 0 bridgehead atoms. The van der Waals surface area contributed by atoms with Gasteiger partial charge in [-0.2, -0.15) is 26.3 Å². The number of carbonyl (C=O) groups is 2. The summed E-state index contributed by atoms with van der Waals surface area (Å²) in [6.45, 7) is 2.53. The van der Waals surface area contributed by atoms with Crippen molar-refractivity contribution in [2.45, 2.75) is 37.8 Å². The van der Waals surface area contributed by atoms with E-state index in [0.29, 0.717) is 12.1 Å². The Morgan fingerprint density at radius 3 is 2.00 bits per heavy atom. The van der Waals surface area contributed by atoms with Crippen molar-refractivity contribution < 1.29 is 48.7 Å². The zero-order valence-corrected chi connectivity index (χ0v) is 19.8. The van der Waals surface area contributed by atoms with Crippen LogP contribution in [0, 0.1) is 6.92 Å². The van der Waals surface area contributed by atoms with Crippen LogP contribution in [-0.4, -0.2) is 44.6 Å². The minimum Gasteiger partial charge on any atom is -0.366 e. The van der Waals surface area contributed by atoms with E-state index in [1.54, 1.807) is 0 Å². The Morgan fingerprint density at radius 2 is 1.56 bits per heavy atom. The molecule has 2 amide bonds. The fraction of sp³-hybridized carbons (Fsp3) is 0.364. The van der Waals surface area contributed by atoms with Crippen molar-refractivity contribution in [3.8, 4) is 0 Å². The predicted octanol–water partition coefficient (Wildman–Crippen LogP) is 4.78. The number of carbonyl (C=O) groups excluding carboxylic acids is 2. The molecule has 3 N–H and O–H groups in total. The highest BCUT2D eigenvalue weighted by Gasteiger charge is 2.73. The topological polar surface area (TPSA) is 106 Å². The highest BCUT2D eigenvalue weighted by molar-refractivity contribution is 7.90. The third-order valence-corrected chi connectivity index (χ3v) is 6.43. The number of primary amides is 1. The number of amides is 2. The molecule has 1 atom stereocenters. The van der Waals surface area contributed by atoms with Gasteiger partial charge in [-0.05, 0) is 36.1 Å². The summed E-state index contributed by atoms with van der Waals surface area (Å²) in [5.41, 5.74) is -3.04. The van der Waals surface area contributed by atoms with Gasteiger partial charge in [-0.3, -0.25) is 9.59 Å². The summed E-state index contributed by atoms with van der Waals surface area (Å²) >= 11 is 0. The summed E-state index contributed by atoms with van der Waals surface area (Å²) in [5, 5.41) is 2.24. The van der Waals surface area contributed by atoms with Crippen molar-refractivity contribution in [1.82, 2.24) is 0 Å². The Bertz CT molecular complexity index is 1270. The Balaban J connectivity index is 2.50. The molecule has 14 heteroatoms. The summed E-state index contributed by atoms with van der Waals surface area (Å²) < 4.78 is 116. The molecule has 2 aromatic rings. The van der Waals surface area contributed by atoms with Gasteiger partial charge in [-0.25, -0.2) is 12.8 Å². The van der Waals surface area contributed by atoms with Crippen LogP contribution < -0.4 is 11.1 Å². The lowest BCUT2D eigenvalue weighted by Gasteiger charge is -2.30. The van der Waals surface area contributed by atoms with Crippen LogP contribution in [0.15, 0.2) is 36.4 Å². The Labute approximate surface area is 201 Å². The fourth-order valence-corrected chi connectivity index (χ4v) is 4.77. The standard InChI is InChI=1S/C22H21F7N2O4S/c1-11-9-13(20(23,21(24,25)26)22(27,28)29)7-8-16(11)31-19(33)15-6-4-5-14(17(15)18(30)32)12(2)10-36(3,34)35/h4-9,12H,10H2,1-3H3,(H2,30,32)(H,31,33)/t12-/m1/s1. The molecule has 2 aromatic carbocycles. The number of aryl methyl sites for hydroxylation is 1. The van der Waals surface area contributed by atoms with Crippen molar-refractivity contribution >= 4 is 27.3 Å². The number of alkyl halides is 7. The molecule has 198 valence electrons. The number of sulfone groups is 1. The van der Waals surface area contributed by atoms with Gasteiger partial charge in [0.15, 0.2) is 0 Å². The van der Waals surface area contributed by atoms with Gasteiger partial charge in [0.05, 0.1) is 16.9 Å². The number of hydrogen-bond acceptors (Lipinski definition) is 4. The molecule has 2 rings (SSSR count). The molecule has 36 heavy (non-hydrogen) atoms. The number of anilines is 1. The van der Waals surface area contributed by atoms with E-state index in [0.717, 1.165) is 13.2 Å². The van der Waals surface area contributed by atoms with Crippen molar-refractivity contribution in [2.75, 3.05) is 17.3 Å². The van der Waals surface area contributed by atoms with Gasteiger partial charge in [0.2, 0.25) is 5.91 Å². The van der Waals surface area contributed by atoms with Gasteiger partial charge in [0.25, 0.3) is 5.91 Å². The van der Waals surface area contributed by atoms with E-state index >= 15 is 0 Å². The van der Waals surface area contributed by atoms with Crippen LogP contribution in [0.4, 0.5) is 36.4 Å². The summed E-state index contributed by atoms with van der Waals surface area (Å²) in [5.74, 6) is -3.20. The average molecular weight is 542 g/mol. The summed E-state index contributed by atoms with van der Waals surface area (Å²) in [4.78, 5) is 25.0. The van der Waals surface area contributed by atoms with E-state index in [1.807, 2.05) is 0 Å². The van der Waals surface area contributed by atoms with Crippen molar-refractivity contribution in [2.24, 2.45) is 5.73 Å². The Hall–Kier alpha value is -3.16. The molecule has 6 nitrogen and oxygen atoms in total. The van der Waals surface area contributed by atoms with Gasteiger partial charge in [-0.1, -0.05) is 31.2 Å². The van der Waals surface area contributed by atoms with E-state index in [4.69, 9.17) is 5.73 Å². The van der Waals surface area contributed by atoms with Crippen molar-refractivity contribution in [3.05, 3.63) is 64.2 Å². The lowest BCUT2D eigenvalue weighted by atomic mass is 9.91. The molecule has 0 saturated heterocycles. The van der Waals surface area contributed by atoms with Crippen molar-refractivity contribution in [3.63, 3.8) is 0 Å². The van der Waals surface area contributed by atoms with Crippen LogP contribution >= 0.6 is 0 Å². The molecule has 0 spiro atoms. The smallest absolute Gasteiger partial charge is 0.366 e. The number of benzene rings is 2. The van der Waals surface area contributed by atoms with Crippen LogP contribution in [0.2, 0.25) is 0 Å². The maximum atomic E-state index is 14.3. The largest absolute Gasteiger partial charge is 0.435 e. The molecular weight excluding hydrogens is 521 g/mol. The minimum absolute atomic E-state index is 0.144. The zero-order valence-electron chi connectivity index (χ0n) is 19.0. The van der Waals surface area contributed by atoms with Crippen LogP contribution in [-0.2, 0) is 15.5 Å². The number of hydrogen-bond donors (Lipinski definition) is 2. The number of nitrogens with two attached hydrogens (primary N) is 1. The van der Waals surface area contributed by atoms with E-state index in [-0.39, 0.29) is 39.8 Å². The lowest BCUT2D eigenvalue weighted by molar-refractivity contribution is -0.348. The molecular formula is C22H21F7N2O4S. The van der Waals surface area contributed by atoms with E-state index in [9.17, 15) is 48.7 Å². The number of nitrogens with one attached hydrogen (secondary N) is 1. The first kappa shape index (κ1) is 29.1. The second-order valence-corrected chi connectivity index (χ2v) is 10.5. The van der Waals surface area contributed by atoms with E-state index < -0.39 is 51.2 Å². The number of rotatable bonds is 7. The van der Waals surface area contributed by atoms with Gasteiger partial charge in [0, 0.05) is 17.5 Å². The molecule has 0 fully saturated rings. The monoisotopic (exact) mass is 542 g/mol. The zero-order chi connectivity index (χ0) is 27.9. The minimum atomic E-state index is -6.30. The quantitative estimate of drug-likeness (QED) is 0.491. The second-order valence-electron chi connectivity index (χ2n) is 8.27. The third-order valence-electron chi connectivity index (χ3n) is 5.33. The van der Waals surface area contributed by atoms with Gasteiger partial charge in [-0.15, -0.1) is 0 Å². The first-order valence-electron chi connectivity index (χ1n) is 10.1. The Morgan fingerprint density at radius 1 is 1.00 bits per heavy atom. The summed E-state index contributed by atoms with van der Waals surface area (Å²) in [6.07, 6.45) is -11.6. The molecule has 0 unspecified atom stereocenters. The normalized spacial score (nSPS) is 13.8. The predicted molar refractivity (Wildman–Crippen MR) is 117 cm³/mol. The van der Waals surface area contributed by atoms with E-state index in [1.165, 1.54) is 25.1 Å². The first-order chi connectivity index (χ1) is 16.2. The Kier molecular flexibility index (Phi) is 7.84.